The molecule has 4 unspecified atom stereocenters. The molecule has 0 aliphatic heterocycles. The van der Waals surface area contributed by atoms with Crippen LogP contribution >= 0.6 is 0 Å². The molecule has 0 N–H and O–H groups in total. The number of benzene rings is 1. The number of methoxy groups -OCH3 is 1. The lowest BCUT2D eigenvalue weighted by Crippen LogP contribution is -2.29. The fraction of sp³-hybridized carbons (Fsp3) is 0.500. The molecule has 0 spiro atoms. The van der Waals surface area contributed by atoms with Gasteiger partial charge in [-0.1, -0.05) is 18.2 Å². The number of hydrogen-bond donors (Lipinski definition) is 0. The predicted octanol–water partition coefficient (Wildman–Crippen LogP) is 3.75. The van der Waals surface area contributed by atoms with E-state index < -0.39 is 0 Å². The van der Waals surface area contributed by atoms with Crippen molar-refractivity contribution in [3.8, 4) is 5.75 Å². The molecule has 1 aromatic carbocycles. The minimum absolute atomic E-state index is 0.891. The van der Waals surface area contributed by atoms with Crippen LogP contribution in [0.3, 0.4) is 0 Å². The Kier molecular flexibility index (Phi) is 1.94. The van der Waals surface area contributed by atoms with Crippen molar-refractivity contribution in [2.75, 3.05) is 7.11 Å². The molecule has 0 radical (unpaired) electrons. The van der Waals surface area contributed by atoms with Crippen LogP contribution in [0.1, 0.15) is 24.8 Å². The molecule has 2 bridgehead atoms. The number of fused-ring (bicyclic) bond motifs is 5. The second-order valence-electron chi connectivity index (χ2n) is 5.79. The number of allylic oxidation sites excluding steroid dienone is 2. The highest BCUT2D eigenvalue weighted by Gasteiger charge is 2.52. The van der Waals surface area contributed by atoms with E-state index in [9.17, 15) is 0 Å². The van der Waals surface area contributed by atoms with Gasteiger partial charge >= 0.3 is 0 Å². The normalized spacial score (nSPS) is 37.4. The van der Waals surface area contributed by atoms with Gasteiger partial charge in [0, 0.05) is 0 Å². The van der Waals surface area contributed by atoms with Crippen molar-refractivity contribution in [2.45, 2.75) is 19.3 Å². The maximum atomic E-state index is 5.22. The van der Waals surface area contributed by atoms with Gasteiger partial charge in [0.25, 0.3) is 0 Å². The van der Waals surface area contributed by atoms with Gasteiger partial charge in [-0.25, -0.2) is 0 Å². The molecule has 1 aromatic rings. The van der Waals surface area contributed by atoms with E-state index in [1.165, 1.54) is 24.8 Å². The van der Waals surface area contributed by atoms with Crippen molar-refractivity contribution >= 4 is 5.57 Å². The molecule has 2 fully saturated rings. The molecular weight excluding hydrogens is 208 g/mol. The summed E-state index contributed by atoms with van der Waals surface area (Å²) in [5, 5.41) is 0. The summed E-state index contributed by atoms with van der Waals surface area (Å²) < 4.78 is 5.22. The molecule has 3 aliphatic carbocycles. The number of hydrogen-bond acceptors (Lipinski definition) is 1. The SMILES string of the molecule is COc1ccc(C2=CC3C4CCC(C4)C23)cc1. The fourth-order valence-electron chi connectivity index (χ4n) is 4.31. The molecule has 4 atom stereocenters. The Morgan fingerprint density at radius 3 is 2.53 bits per heavy atom. The summed E-state index contributed by atoms with van der Waals surface area (Å²) in [5.74, 6) is 4.78. The van der Waals surface area contributed by atoms with Gasteiger partial charge in [0.1, 0.15) is 5.75 Å². The van der Waals surface area contributed by atoms with E-state index in [-0.39, 0.29) is 0 Å². The first-order valence-electron chi connectivity index (χ1n) is 6.73. The van der Waals surface area contributed by atoms with Crippen molar-refractivity contribution in [3.05, 3.63) is 35.9 Å². The molecule has 4 rings (SSSR count). The highest BCUT2D eigenvalue weighted by atomic mass is 16.5. The molecule has 2 saturated carbocycles. The Bertz CT molecular complexity index is 471. The van der Waals surface area contributed by atoms with Crippen LogP contribution in [0.5, 0.6) is 5.75 Å². The van der Waals surface area contributed by atoms with Gasteiger partial charge in [0.05, 0.1) is 7.11 Å². The molecule has 0 amide bonds. The number of rotatable bonds is 2. The molecule has 0 heterocycles. The van der Waals surface area contributed by atoms with Crippen LogP contribution in [0.4, 0.5) is 0 Å². The van der Waals surface area contributed by atoms with E-state index in [1.807, 2.05) is 0 Å². The minimum atomic E-state index is 0.891. The summed E-state index contributed by atoms with van der Waals surface area (Å²) in [6.07, 6.45) is 6.99. The first-order chi connectivity index (χ1) is 8.36. The number of ether oxygens (including phenoxy) is 1. The second kappa shape index (κ2) is 3.38. The molecule has 0 saturated heterocycles. The lowest BCUT2D eigenvalue weighted by Gasteiger charge is -2.39. The molecular formula is C16H18O. The summed E-state index contributed by atoms with van der Waals surface area (Å²) in [4.78, 5) is 0. The third kappa shape index (κ3) is 1.25. The molecule has 1 nitrogen and oxygen atoms in total. The highest BCUT2D eigenvalue weighted by molar-refractivity contribution is 5.74. The Morgan fingerprint density at radius 1 is 1.06 bits per heavy atom. The van der Waals surface area contributed by atoms with Crippen LogP contribution in [0.15, 0.2) is 30.3 Å². The maximum Gasteiger partial charge on any atom is 0.118 e. The Hall–Kier alpha value is -1.24. The molecule has 1 heteroatoms. The van der Waals surface area contributed by atoms with E-state index in [0.29, 0.717) is 0 Å². The molecule has 0 aromatic heterocycles. The first kappa shape index (κ1) is 9.76. The van der Waals surface area contributed by atoms with Gasteiger partial charge < -0.3 is 4.74 Å². The van der Waals surface area contributed by atoms with Gasteiger partial charge in [-0.15, -0.1) is 0 Å². The van der Waals surface area contributed by atoms with Gasteiger partial charge in [0.2, 0.25) is 0 Å². The highest BCUT2D eigenvalue weighted by Crippen LogP contribution is 2.62. The lowest BCUT2D eigenvalue weighted by molar-refractivity contribution is 0.299. The van der Waals surface area contributed by atoms with Crippen molar-refractivity contribution in [1.29, 1.82) is 0 Å². The second-order valence-corrected chi connectivity index (χ2v) is 5.79. The zero-order valence-electron chi connectivity index (χ0n) is 10.2. The Morgan fingerprint density at radius 2 is 1.82 bits per heavy atom. The zero-order chi connectivity index (χ0) is 11.4. The van der Waals surface area contributed by atoms with E-state index in [1.54, 1.807) is 12.7 Å². The lowest BCUT2D eigenvalue weighted by atomic mass is 9.65. The fourth-order valence-corrected chi connectivity index (χ4v) is 4.31. The summed E-state index contributed by atoms with van der Waals surface area (Å²) in [6, 6.07) is 8.59. The van der Waals surface area contributed by atoms with Gasteiger partial charge in [-0.2, -0.15) is 0 Å². The van der Waals surface area contributed by atoms with Crippen LogP contribution < -0.4 is 4.74 Å². The van der Waals surface area contributed by atoms with Gasteiger partial charge in [-0.05, 0) is 66.2 Å². The zero-order valence-corrected chi connectivity index (χ0v) is 10.2. The van der Waals surface area contributed by atoms with Crippen LogP contribution in [-0.2, 0) is 0 Å². The summed E-state index contributed by atoms with van der Waals surface area (Å²) in [6.45, 7) is 0. The summed E-state index contributed by atoms with van der Waals surface area (Å²) in [7, 11) is 1.73. The largest absolute Gasteiger partial charge is 0.497 e. The van der Waals surface area contributed by atoms with Crippen molar-refractivity contribution in [1.82, 2.24) is 0 Å². The van der Waals surface area contributed by atoms with E-state index in [4.69, 9.17) is 4.74 Å². The molecule has 88 valence electrons. The quantitative estimate of drug-likeness (QED) is 0.746. The van der Waals surface area contributed by atoms with Crippen LogP contribution in [0.2, 0.25) is 0 Å². The first-order valence-corrected chi connectivity index (χ1v) is 6.73. The molecule has 3 aliphatic rings. The topological polar surface area (TPSA) is 9.23 Å². The Labute approximate surface area is 102 Å². The van der Waals surface area contributed by atoms with Crippen LogP contribution in [0, 0.1) is 23.7 Å². The summed E-state index contributed by atoms with van der Waals surface area (Å²) >= 11 is 0. The van der Waals surface area contributed by atoms with Crippen LogP contribution in [-0.4, -0.2) is 7.11 Å². The van der Waals surface area contributed by atoms with Crippen molar-refractivity contribution in [2.24, 2.45) is 23.7 Å². The van der Waals surface area contributed by atoms with E-state index >= 15 is 0 Å². The third-order valence-corrected chi connectivity index (χ3v) is 5.14. The predicted molar refractivity (Wildman–Crippen MR) is 68.8 cm³/mol. The van der Waals surface area contributed by atoms with Gasteiger partial charge in [-0.3, -0.25) is 0 Å². The van der Waals surface area contributed by atoms with Crippen molar-refractivity contribution in [3.63, 3.8) is 0 Å². The smallest absolute Gasteiger partial charge is 0.118 e. The monoisotopic (exact) mass is 226 g/mol. The third-order valence-electron chi connectivity index (χ3n) is 5.14. The van der Waals surface area contributed by atoms with Gasteiger partial charge in [0.15, 0.2) is 0 Å². The standard InChI is InChI=1S/C16H18O/c1-17-13-6-4-10(5-7-13)14-9-15-11-2-3-12(8-11)16(14)15/h4-7,9,11-12,15-16H,2-3,8H2,1H3. The van der Waals surface area contributed by atoms with E-state index in [0.717, 1.165) is 29.4 Å². The van der Waals surface area contributed by atoms with Crippen LogP contribution in [0.25, 0.3) is 5.57 Å². The Balaban J connectivity index is 1.64. The maximum absolute atomic E-state index is 5.22. The van der Waals surface area contributed by atoms with Crippen molar-refractivity contribution < 1.29 is 4.74 Å². The minimum Gasteiger partial charge on any atom is -0.497 e. The molecule has 17 heavy (non-hydrogen) atoms. The average molecular weight is 226 g/mol. The average Bonchev–Trinajstić information content (AvgIpc) is 2.86. The van der Waals surface area contributed by atoms with E-state index in [2.05, 4.69) is 30.3 Å². The summed E-state index contributed by atoms with van der Waals surface area (Å²) in [5.41, 5.74) is 3.03.